The van der Waals surface area contributed by atoms with E-state index >= 15 is 0 Å². The van der Waals surface area contributed by atoms with E-state index in [1.807, 2.05) is 6.07 Å². The highest BCUT2D eigenvalue weighted by Gasteiger charge is 2.26. The number of aliphatic hydroxyl groups excluding tert-OH is 2. The topological polar surface area (TPSA) is 95.4 Å². The third-order valence-electron chi connectivity index (χ3n) is 2.89. The summed E-state index contributed by atoms with van der Waals surface area (Å²) >= 11 is 0. The lowest BCUT2D eigenvalue weighted by Crippen LogP contribution is -2.29. The fraction of sp³-hybridized carbons (Fsp3) is 0.286. The summed E-state index contributed by atoms with van der Waals surface area (Å²) in [5, 5.41) is 26.3. The van der Waals surface area contributed by atoms with Crippen molar-refractivity contribution in [3.8, 4) is 11.3 Å². The van der Waals surface area contributed by atoms with Crippen molar-refractivity contribution in [2.45, 2.75) is 19.1 Å². The minimum atomic E-state index is -1.59. The fourth-order valence-corrected chi connectivity index (χ4v) is 1.82. The molecule has 1 aromatic carbocycles. The van der Waals surface area contributed by atoms with Crippen LogP contribution in [0.5, 0.6) is 0 Å². The number of ether oxygens (including phenoxy) is 1. The Morgan fingerprint density at radius 2 is 2.00 bits per heavy atom. The minimum absolute atomic E-state index is 0.154. The van der Waals surface area contributed by atoms with Crippen molar-refractivity contribution in [1.29, 1.82) is 0 Å². The van der Waals surface area contributed by atoms with Crippen molar-refractivity contribution < 1.29 is 19.7 Å². The Hall–Kier alpha value is -2.18. The molecule has 0 bridgehead atoms. The van der Waals surface area contributed by atoms with Gasteiger partial charge in [-0.2, -0.15) is 5.10 Å². The Morgan fingerprint density at radius 1 is 1.30 bits per heavy atom. The number of aliphatic hydroxyl groups is 2. The Bertz CT molecular complexity index is 551. The monoisotopic (exact) mass is 276 g/mol. The van der Waals surface area contributed by atoms with Crippen molar-refractivity contribution in [2.75, 3.05) is 6.61 Å². The van der Waals surface area contributed by atoms with E-state index < -0.39 is 18.2 Å². The van der Waals surface area contributed by atoms with Crippen LogP contribution in [0.4, 0.5) is 0 Å². The number of carbonyl (C=O) groups is 1. The number of aromatic nitrogens is 2. The molecule has 1 aromatic heterocycles. The van der Waals surface area contributed by atoms with Gasteiger partial charge in [0, 0.05) is 6.20 Å². The van der Waals surface area contributed by atoms with Gasteiger partial charge in [0.25, 0.3) is 0 Å². The molecule has 0 saturated carbocycles. The number of hydrogen-bond donors (Lipinski definition) is 3. The van der Waals surface area contributed by atoms with Crippen molar-refractivity contribution in [2.24, 2.45) is 0 Å². The molecule has 0 aliphatic rings. The standard InChI is InChI=1S/C14H16N2O4/c1-2-20-14(19)13(18)12(17)10-5-3-9(4-6-10)11-7-8-15-16-11/h3-8,12-13,17-18H,2H2,1H3,(H,15,16). The lowest BCUT2D eigenvalue weighted by Gasteiger charge is -2.16. The van der Waals surface area contributed by atoms with Crippen LogP contribution >= 0.6 is 0 Å². The van der Waals surface area contributed by atoms with Gasteiger partial charge in [-0.1, -0.05) is 24.3 Å². The van der Waals surface area contributed by atoms with Crippen molar-refractivity contribution in [1.82, 2.24) is 10.2 Å². The van der Waals surface area contributed by atoms with Gasteiger partial charge in [-0.15, -0.1) is 0 Å². The first kappa shape index (κ1) is 14.2. The fourth-order valence-electron chi connectivity index (χ4n) is 1.82. The quantitative estimate of drug-likeness (QED) is 0.709. The van der Waals surface area contributed by atoms with Crippen LogP contribution in [0.15, 0.2) is 36.5 Å². The smallest absolute Gasteiger partial charge is 0.338 e. The van der Waals surface area contributed by atoms with Crippen LogP contribution in [0, 0.1) is 0 Å². The van der Waals surface area contributed by atoms with E-state index in [1.54, 1.807) is 37.4 Å². The number of benzene rings is 1. The average molecular weight is 276 g/mol. The molecule has 2 atom stereocenters. The summed E-state index contributed by atoms with van der Waals surface area (Å²) in [4.78, 5) is 11.4. The van der Waals surface area contributed by atoms with Crippen LogP contribution in [-0.4, -0.2) is 39.1 Å². The summed E-state index contributed by atoms with van der Waals surface area (Å²) in [5.41, 5.74) is 2.18. The minimum Gasteiger partial charge on any atom is -0.464 e. The molecule has 106 valence electrons. The molecule has 2 unspecified atom stereocenters. The van der Waals surface area contributed by atoms with Crippen molar-refractivity contribution >= 4 is 5.97 Å². The van der Waals surface area contributed by atoms with Gasteiger partial charge in [-0.3, -0.25) is 5.10 Å². The van der Waals surface area contributed by atoms with E-state index in [0.717, 1.165) is 11.3 Å². The van der Waals surface area contributed by atoms with E-state index in [2.05, 4.69) is 14.9 Å². The molecule has 6 heteroatoms. The molecule has 6 nitrogen and oxygen atoms in total. The van der Waals surface area contributed by atoms with Gasteiger partial charge in [-0.25, -0.2) is 4.79 Å². The molecule has 20 heavy (non-hydrogen) atoms. The molecule has 0 spiro atoms. The SMILES string of the molecule is CCOC(=O)C(O)C(O)c1ccc(-c2ccn[nH]2)cc1. The molecule has 1 heterocycles. The lowest BCUT2D eigenvalue weighted by molar-refractivity contribution is -0.159. The number of hydrogen-bond acceptors (Lipinski definition) is 5. The second kappa shape index (κ2) is 6.31. The Labute approximate surface area is 116 Å². The first-order valence-electron chi connectivity index (χ1n) is 6.26. The molecule has 3 N–H and O–H groups in total. The summed E-state index contributed by atoms with van der Waals surface area (Å²) in [6.45, 7) is 1.79. The first-order chi connectivity index (χ1) is 9.63. The summed E-state index contributed by atoms with van der Waals surface area (Å²) in [6.07, 6.45) is -1.26. The van der Waals surface area contributed by atoms with E-state index in [4.69, 9.17) is 0 Å². The average Bonchev–Trinajstić information content (AvgIpc) is 3.00. The lowest BCUT2D eigenvalue weighted by atomic mass is 10.0. The number of carbonyl (C=O) groups excluding carboxylic acids is 1. The van der Waals surface area contributed by atoms with Crippen LogP contribution < -0.4 is 0 Å². The molecule has 0 saturated heterocycles. The van der Waals surface area contributed by atoms with Crippen LogP contribution in [0.3, 0.4) is 0 Å². The maximum absolute atomic E-state index is 11.4. The van der Waals surface area contributed by atoms with Gasteiger partial charge in [0.1, 0.15) is 6.10 Å². The molecule has 2 rings (SSSR count). The van der Waals surface area contributed by atoms with E-state index in [9.17, 15) is 15.0 Å². The maximum Gasteiger partial charge on any atom is 0.338 e. The third kappa shape index (κ3) is 3.04. The predicted molar refractivity (Wildman–Crippen MR) is 71.6 cm³/mol. The number of esters is 1. The highest BCUT2D eigenvalue weighted by atomic mass is 16.5. The Kier molecular flexibility index (Phi) is 4.49. The summed E-state index contributed by atoms with van der Waals surface area (Å²) in [6, 6.07) is 8.64. The van der Waals surface area contributed by atoms with Gasteiger partial charge >= 0.3 is 5.97 Å². The number of aromatic amines is 1. The molecule has 0 fully saturated rings. The number of nitrogens with one attached hydrogen (secondary N) is 1. The highest BCUT2D eigenvalue weighted by Crippen LogP contribution is 2.22. The largest absolute Gasteiger partial charge is 0.464 e. The second-order valence-corrected chi connectivity index (χ2v) is 4.23. The second-order valence-electron chi connectivity index (χ2n) is 4.23. The molecule has 0 amide bonds. The zero-order valence-corrected chi connectivity index (χ0v) is 11.0. The zero-order chi connectivity index (χ0) is 14.5. The Balaban J connectivity index is 2.11. The van der Waals surface area contributed by atoms with Gasteiger partial charge in [0.15, 0.2) is 6.10 Å². The summed E-state index contributed by atoms with van der Waals surface area (Å²) in [5.74, 6) is -0.836. The van der Waals surface area contributed by atoms with Crippen LogP contribution in [-0.2, 0) is 9.53 Å². The number of H-pyrrole nitrogens is 1. The van der Waals surface area contributed by atoms with Gasteiger partial charge in [0.05, 0.1) is 12.3 Å². The van der Waals surface area contributed by atoms with Crippen molar-refractivity contribution in [3.63, 3.8) is 0 Å². The van der Waals surface area contributed by atoms with Gasteiger partial charge in [-0.05, 0) is 24.1 Å². The Morgan fingerprint density at radius 3 is 2.55 bits per heavy atom. The summed E-state index contributed by atoms with van der Waals surface area (Å²) in [7, 11) is 0. The van der Waals surface area contributed by atoms with Crippen LogP contribution in [0.2, 0.25) is 0 Å². The number of nitrogens with zero attached hydrogens (tertiary/aromatic N) is 1. The third-order valence-corrected chi connectivity index (χ3v) is 2.89. The molecular formula is C14H16N2O4. The van der Waals surface area contributed by atoms with Gasteiger partial charge in [0.2, 0.25) is 0 Å². The molecule has 0 radical (unpaired) electrons. The zero-order valence-electron chi connectivity index (χ0n) is 11.0. The summed E-state index contributed by atoms with van der Waals surface area (Å²) < 4.78 is 4.67. The molecule has 0 aliphatic carbocycles. The van der Waals surface area contributed by atoms with Crippen molar-refractivity contribution in [3.05, 3.63) is 42.1 Å². The van der Waals surface area contributed by atoms with Gasteiger partial charge < -0.3 is 14.9 Å². The molecule has 0 aliphatic heterocycles. The molecule has 2 aromatic rings. The normalized spacial score (nSPS) is 13.8. The highest BCUT2D eigenvalue weighted by molar-refractivity contribution is 5.75. The van der Waals surface area contributed by atoms with Crippen LogP contribution in [0.1, 0.15) is 18.6 Å². The maximum atomic E-state index is 11.4. The van der Waals surface area contributed by atoms with E-state index in [1.165, 1.54) is 0 Å². The first-order valence-corrected chi connectivity index (χ1v) is 6.26. The predicted octanol–water partition coefficient (Wildman–Crippen LogP) is 1.03. The van der Waals surface area contributed by atoms with E-state index in [0.29, 0.717) is 5.56 Å². The van der Waals surface area contributed by atoms with E-state index in [-0.39, 0.29) is 6.61 Å². The molecular weight excluding hydrogens is 260 g/mol. The van der Waals surface area contributed by atoms with Crippen LogP contribution in [0.25, 0.3) is 11.3 Å². The number of rotatable bonds is 5.